The molecule has 0 fully saturated rings. The number of para-hydroxylation sites is 1. The van der Waals surface area contributed by atoms with Crippen LogP contribution in [0.5, 0.6) is 0 Å². The number of aromatic nitrogens is 4. The summed E-state index contributed by atoms with van der Waals surface area (Å²) in [6.07, 6.45) is 2.21. The van der Waals surface area contributed by atoms with E-state index in [1.54, 1.807) is 4.90 Å². The average Bonchev–Trinajstić information content (AvgIpc) is 3.42. The Morgan fingerprint density at radius 1 is 1.19 bits per heavy atom. The molecule has 2 aromatic carbocycles. The number of carbonyl (C=O) groups excluding carboxylic acids is 1. The lowest BCUT2D eigenvalue weighted by Crippen LogP contribution is -2.30. The van der Waals surface area contributed by atoms with E-state index in [0.717, 1.165) is 29.4 Å². The van der Waals surface area contributed by atoms with Gasteiger partial charge < -0.3 is 9.88 Å². The minimum Gasteiger partial charge on any atom is -0.311 e. The predicted molar refractivity (Wildman–Crippen MR) is 119 cm³/mol. The van der Waals surface area contributed by atoms with Crippen LogP contribution in [0.3, 0.4) is 0 Å². The van der Waals surface area contributed by atoms with Gasteiger partial charge in [0, 0.05) is 24.4 Å². The standard InChI is InChI=1S/C21H16N6O4S/c28-18(25-10-9-13-3-1-2-4-17(13)25)12-32-21-23-19-16(20(29)24-21)11-22-26(19)14-5-7-15(8-6-14)27(30)31/h1-8,11H,9-10,12H2,(H,23,24,29). The molecule has 0 radical (unpaired) electrons. The molecule has 4 aromatic rings. The van der Waals surface area contributed by atoms with E-state index in [0.29, 0.717) is 23.0 Å². The number of non-ortho nitro benzene ring substituents is 1. The lowest BCUT2D eigenvalue weighted by molar-refractivity contribution is -0.384. The summed E-state index contributed by atoms with van der Waals surface area (Å²) in [5.74, 6) is 0.0561. The molecule has 0 unspecified atom stereocenters. The first-order valence-corrected chi connectivity index (χ1v) is 10.7. The molecule has 1 N–H and O–H groups in total. The second kappa shape index (κ2) is 7.93. The summed E-state index contributed by atoms with van der Waals surface area (Å²) >= 11 is 1.14. The first-order chi connectivity index (χ1) is 15.5. The highest BCUT2D eigenvalue weighted by molar-refractivity contribution is 7.99. The van der Waals surface area contributed by atoms with Crippen molar-refractivity contribution in [2.24, 2.45) is 0 Å². The molecule has 0 saturated carbocycles. The number of fused-ring (bicyclic) bond motifs is 2. The number of nitro benzene ring substituents is 1. The number of amides is 1. The van der Waals surface area contributed by atoms with Gasteiger partial charge in [0.1, 0.15) is 5.39 Å². The summed E-state index contributed by atoms with van der Waals surface area (Å²) in [7, 11) is 0. The Hall–Kier alpha value is -3.99. The Bertz CT molecular complexity index is 1410. The zero-order valence-corrected chi connectivity index (χ0v) is 17.4. The van der Waals surface area contributed by atoms with E-state index in [1.165, 1.54) is 35.1 Å². The summed E-state index contributed by atoms with van der Waals surface area (Å²) in [4.78, 5) is 44.6. The number of rotatable bonds is 5. The minimum absolute atomic E-state index is 0.0470. The van der Waals surface area contributed by atoms with Gasteiger partial charge >= 0.3 is 0 Å². The zero-order valence-electron chi connectivity index (χ0n) is 16.6. The van der Waals surface area contributed by atoms with Crippen molar-refractivity contribution in [3.63, 3.8) is 0 Å². The third-order valence-electron chi connectivity index (χ3n) is 5.24. The van der Waals surface area contributed by atoms with E-state index in [4.69, 9.17) is 0 Å². The molecule has 11 heteroatoms. The van der Waals surface area contributed by atoms with E-state index in [-0.39, 0.29) is 28.3 Å². The third-order valence-corrected chi connectivity index (χ3v) is 6.10. The molecule has 0 saturated heterocycles. The fraction of sp³-hybridized carbons (Fsp3) is 0.143. The van der Waals surface area contributed by atoms with Gasteiger partial charge in [-0.15, -0.1) is 0 Å². The third kappa shape index (κ3) is 3.52. The molecule has 5 rings (SSSR count). The van der Waals surface area contributed by atoms with Crippen molar-refractivity contribution in [1.29, 1.82) is 0 Å². The summed E-state index contributed by atoms with van der Waals surface area (Å²) in [5, 5.41) is 15.7. The van der Waals surface area contributed by atoms with Crippen molar-refractivity contribution in [3.05, 3.63) is 80.8 Å². The summed E-state index contributed by atoms with van der Waals surface area (Å²) < 4.78 is 1.44. The monoisotopic (exact) mass is 448 g/mol. The number of hydrogen-bond donors (Lipinski definition) is 1. The maximum atomic E-state index is 12.8. The van der Waals surface area contributed by atoms with Gasteiger partial charge in [-0.2, -0.15) is 5.10 Å². The van der Waals surface area contributed by atoms with Gasteiger partial charge in [-0.05, 0) is 30.2 Å². The Balaban J connectivity index is 1.39. The lowest BCUT2D eigenvalue weighted by atomic mass is 10.2. The SMILES string of the molecule is O=C(CSc1nc2c(cnn2-c2ccc([N+](=O)[O-])cc2)c(=O)[nH]1)N1CCc2ccccc21. The second-order valence-electron chi connectivity index (χ2n) is 7.15. The van der Waals surface area contributed by atoms with Crippen LogP contribution in [-0.2, 0) is 11.2 Å². The second-order valence-corrected chi connectivity index (χ2v) is 8.12. The number of benzene rings is 2. The molecule has 10 nitrogen and oxygen atoms in total. The van der Waals surface area contributed by atoms with Crippen LogP contribution in [0.1, 0.15) is 5.56 Å². The van der Waals surface area contributed by atoms with Gasteiger partial charge in [-0.3, -0.25) is 19.7 Å². The number of nitro groups is 1. The molecular weight excluding hydrogens is 432 g/mol. The van der Waals surface area contributed by atoms with Crippen LogP contribution >= 0.6 is 11.8 Å². The molecule has 0 aliphatic carbocycles. The van der Waals surface area contributed by atoms with E-state index < -0.39 is 4.92 Å². The van der Waals surface area contributed by atoms with Crippen LogP contribution in [0.2, 0.25) is 0 Å². The normalized spacial score (nSPS) is 12.8. The molecule has 3 heterocycles. The fourth-order valence-corrected chi connectivity index (χ4v) is 4.41. The quantitative estimate of drug-likeness (QED) is 0.215. The molecule has 1 amide bonds. The van der Waals surface area contributed by atoms with Crippen molar-refractivity contribution < 1.29 is 9.72 Å². The number of H-pyrrole nitrogens is 1. The topological polar surface area (TPSA) is 127 Å². The zero-order chi connectivity index (χ0) is 22.2. The smallest absolute Gasteiger partial charge is 0.269 e. The predicted octanol–water partition coefficient (Wildman–Crippen LogP) is 2.70. The van der Waals surface area contributed by atoms with E-state index in [2.05, 4.69) is 15.1 Å². The highest BCUT2D eigenvalue weighted by Gasteiger charge is 2.24. The number of nitrogens with zero attached hydrogens (tertiary/aromatic N) is 5. The van der Waals surface area contributed by atoms with Gasteiger partial charge in [-0.1, -0.05) is 30.0 Å². The molecule has 0 atom stereocenters. The highest BCUT2D eigenvalue weighted by Crippen LogP contribution is 2.28. The Kier molecular flexibility index (Phi) is 4.94. The Morgan fingerprint density at radius 2 is 1.97 bits per heavy atom. The maximum absolute atomic E-state index is 12.8. The molecule has 1 aliphatic heterocycles. The van der Waals surface area contributed by atoms with Gasteiger partial charge in [0.25, 0.3) is 11.2 Å². The summed E-state index contributed by atoms with van der Waals surface area (Å²) in [6.45, 7) is 0.634. The molecular formula is C21H16N6O4S. The van der Waals surface area contributed by atoms with Crippen LogP contribution < -0.4 is 10.5 Å². The van der Waals surface area contributed by atoms with Gasteiger partial charge in [-0.25, -0.2) is 9.67 Å². The Labute approximate surface area is 185 Å². The van der Waals surface area contributed by atoms with Crippen LogP contribution in [0.15, 0.2) is 64.7 Å². The molecule has 160 valence electrons. The van der Waals surface area contributed by atoms with E-state index >= 15 is 0 Å². The molecule has 0 spiro atoms. The number of anilines is 1. The number of carbonyl (C=O) groups is 1. The molecule has 1 aliphatic rings. The number of hydrogen-bond acceptors (Lipinski definition) is 7. The van der Waals surface area contributed by atoms with Crippen molar-refractivity contribution in [2.45, 2.75) is 11.6 Å². The van der Waals surface area contributed by atoms with Crippen LogP contribution in [0.4, 0.5) is 11.4 Å². The van der Waals surface area contributed by atoms with Crippen molar-refractivity contribution in [1.82, 2.24) is 19.7 Å². The van der Waals surface area contributed by atoms with E-state index in [9.17, 15) is 19.7 Å². The van der Waals surface area contributed by atoms with Crippen LogP contribution in [-0.4, -0.2) is 42.9 Å². The Morgan fingerprint density at radius 3 is 2.75 bits per heavy atom. The average molecular weight is 448 g/mol. The van der Waals surface area contributed by atoms with Gasteiger partial charge in [0.05, 0.1) is 22.6 Å². The number of nitrogens with one attached hydrogen (secondary N) is 1. The van der Waals surface area contributed by atoms with Crippen molar-refractivity contribution >= 4 is 40.1 Å². The summed E-state index contributed by atoms with van der Waals surface area (Å²) in [6, 6.07) is 13.6. The lowest BCUT2D eigenvalue weighted by Gasteiger charge is -2.16. The highest BCUT2D eigenvalue weighted by atomic mass is 32.2. The maximum Gasteiger partial charge on any atom is 0.269 e. The van der Waals surface area contributed by atoms with Gasteiger partial charge in [0.2, 0.25) is 5.91 Å². The largest absolute Gasteiger partial charge is 0.311 e. The molecule has 32 heavy (non-hydrogen) atoms. The first kappa shape index (κ1) is 19.9. The molecule has 0 bridgehead atoms. The van der Waals surface area contributed by atoms with Crippen molar-refractivity contribution in [2.75, 3.05) is 17.2 Å². The first-order valence-electron chi connectivity index (χ1n) is 9.75. The molecule has 2 aromatic heterocycles. The summed E-state index contributed by atoms with van der Waals surface area (Å²) in [5.41, 5.74) is 2.49. The van der Waals surface area contributed by atoms with Crippen LogP contribution in [0, 0.1) is 10.1 Å². The van der Waals surface area contributed by atoms with E-state index in [1.807, 2.05) is 24.3 Å². The van der Waals surface area contributed by atoms with Crippen molar-refractivity contribution in [3.8, 4) is 5.69 Å². The number of aromatic amines is 1. The number of thioether (sulfide) groups is 1. The van der Waals surface area contributed by atoms with Gasteiger partial charge in [0.15, 0.2) is 10.8 Å². The fourth-order valence-electron chi connectivity index (χ4n) is 3.68. The van der Waals surface area contributed by atoms with Crippen LogP contribution in [0.25, 0.3) is 16.7 Å². The minimum atomic E-state index is -0.488.